The van der Waals surface area contributed by atoms with Crippen LogP contribution >= 0.6 is 0 Å². The SMILES string of the molecule is CCNC(=NCC(C)N1CCC(C)CC1)N1CCC(C(=O)OCC)CC1. The van der Waals surface area contributed by atoms with E-state index in [0.717, 1.165) is 50.9 Å². The van der Waals surface area contributed by atoms with Gasteiger partial charge < -0.3 is 15.0 Å². The second kappa shape index (κ2) is 10.8. The van der Waals surface area contributed by atoms with Crippen LogP contribution in [-0.2, 0) is 9.53 Å². The lowest BCUT2D eigenvalue weighted by Crippen LogP contribution is -2.47. The summed E-state index contributed by atoms with van der Waals surface area (Å²) in [7, 11) is 0. The molecule has 0 bridgehead atoms. The van der Waals surface area contributed by atoms with Crippen LogP contribution in [0.4, 0.5) is 0 Å². The third-order valence-corrected chi connectivity index (χ3v) is 5.70. The molecule has 0 aromatic carbocycles. The fourth-order valence-electron chi connectivity index (χ4n) is 3.82. The first-order chi connectivity index (χ1) is 12.5. The van der Waals surface area contributed by atoms with Gasteiger partial charge in [0.25, 0.3) is 0 Å². The standard InChI is InChI=1S/C20H38N4O2/c1-5-21-20(22-15-17(4)23-11-7-16(3)8-12-23)24-13-9-18(10-14-24)19(25)26-6-2/h16-18H,5-15H2,1-4H3,(H,21,22). The third-order valence-electron chi connectivity index (χ3n) is 5.70. The Kier molecular flexibility index (Phi) is 8.69. The number of likely N-dealkylation sites (tertiary alicyclic amines) is 2. The molecule has 1 atom stereocenters. The minimum absolute atomic E-state index is 0.0398. The fourth-order valence-corrected chi connectivity index (χ4v) is 3.82. The van der Waals surface area contributed by atoms with Gasteiger partial charge in [-0.2, -0.15) is 0 Å². The highest BCUT2D eigenvalue weighted by Gasteiger charge is 2.27. The maximum Gasteiger partial charge on any atom is 0.309 e. The molecule has 2 rings (SSSR count). The van der Waals surface area contributed by atoms with Gasteiger partial charge >= 0.3 is 5.97 Å². The summed E-state index contributed by atoms with van der Waals surface area (Å²) in [4.78, 5) is 21.7. The van der Waals surface area contributed by atoms with Gasteiger partial charge in [-0.3, -0.25) is 14.7 Å². The zero-order valence-corrected chi connectivity index (χ0v) is 17.2. The number of rotatable bonds is 6. The van der Waals surface area contributed by atoms with Gasteiger partial charge in [0.2, 0.25) is 0 Å². The normalized spacial score (nSPS) is 22.3. The molecule has 6 nitrogen and oxygen atoms in total. The predicted octanol–water partition coefficient (Wildman–Crippen LogP) is 2.35. The van der Waals surface area contributed by atoms with Gasteiger partial charge in [0.15, 0.2) is 5.96 Å². The summed E-state index contributed by atoms with van der Waals surface area (Å²) < 4.78 is 5.17. The fraction of sp³-hybridized carbons (Fsp3) is 0.900. The van der Waals surface area contributed by atoms with Gasteiger partial charge in [-0.15, -0.1) is 0 Å². The van der Waals surface area contributed by atoms with Crippen LogP contribution in [0.25, 0.3) is 0 Å². The van der Waals surface area contributed by atoms with E-state index in [-0.39, 0.29) is 11.9 Å². The van der Waals surface area contributed by atoms with Crippen LogP contribution in [0, 0.1) is 11.8 Å². The van der Waals surface area contributed by atoms with E-state index in [9.17, 15) is 4.79 Å². The van der Waals surface area contributed by atoms with E-state index in [1.54, 1.807) is 0 Å². The number of piperidine rings is 2. The van der Waals surface area contributed by atoms with Crippen LogP contribution in [-0.4, -0.2) is 73.6 Å². The average molecular weight is 367 g/mol. The lowest BCUT2D eigenvalue weighted by atomic mass is 9.97. The van der Waals surface area contributed by atoms with E-state index < -0.39 is 0 Å². The molecule has 0 aromatic heterocycles. The van der Waals surface area contributed by atoms with Gasteiger partial charge in [0.05, 0.1) is 19.1 Å². The van der Waals surface area contributed by atoms with Crippen LogP contribution in [0.2, 0.25) is 0 Å². The van der Waals surface area contributed by atoms with Crippen LogP contribution in [0.15, 0.2) is 4.99 Å². The van der Waals surface area contributed by atoms with E-state index >= 15 is 0 Å². The Labute approximate surface area is 159 Å². The lowest BCUT2D eigenvalue weighted by Gasteiger charge is -2.35. The second-order valence-electron chi connectivity index (χ2n) is 7.78. The summed E-state index contributed by atoms with van der Waals surface area (Å²) in [6, 6.07) is 0.480. The first kappa shape index (κ1) is 21.0. The Balaban J connectivity index is 1.85. The number of carbonyl (C=O) groups is 1. The maximum atomic E-state index is 11.9. The topological polar surface area (TPSA) is 57.2 Å². The van der Waals surface area contributed by atoms with Crippen molar-refractivity contribution in [1.82, 2.24) is 15.1 Å². The highest BCUT2D eigenvalue weighted by molar-refractivity contribution is 5.80. The molecule has 1 unspecified atom stereocenters. The van der Waals surface area contributed by atoms with Gasteiger partial charge in [0, 0.05) is 25.7 Å². The maximum absolute atomic E-state index is 11.9. The molecule has 0 aromatic rings. The molecule has 0 saturated carbocycles. The van der Waals surface area contributed by atoms with Crippen molar-refractivity contribution < 1.29 is 9.53 Å². The molecule has 26 heavy (non-hydrogen) atoms. The summed E-state index contributed by atoms with van der Waals surface area (Å²) in [6.07, 6.45) is 4.30. The van der Waals surface area contributed by atoms with Gasteiger partial charge in [0.1, 0.15) is 0 Å². The predicted molar refractivity (Wildman–Crippen MR) is 106 cm³/mol. The van der Waals surface area contributed by atoms with Crippen LogP contribution in [0.1, 0.15) is 53.4 Å². The molecular weight excluding hydrogens is 328 g/mol. The minimum atomic E-state index is -0.0398. The summed E-state index contributed by atoms with van der Waals surface area (Å²) in [5, 5.41) is 3.43. The number of hydrogen-bond donors (Lipinski definition) is 1. The van der Waals surface area contributed by atoms with Crippen molar-refractivity contribution in [2.75, 3.05) is 45.9 Å². The Morgan fingerprint density at radius 1 is 1.15 bits per heavy atom. The smallest absolute Gasteiger partial charge is 0.309 e. The van der Waals surface area contributed by atoms with Crippen molar-refractivity contribution in [3.8, 4) is 0 Å². The van der Waals surface area contributed by atoms with Gasteiger partial charge in [-0.25, -0.2) is 0 Å². The molecule has 0 amide bonds. The Hall–Kier alpha value is -1.30. The van der Waals surface area contributed by atoms with E-state index in [4.69, 9.17) is 9.73 Å². The van der Waals surface area contributed by atoms with Gasteiger partial charge in [-0.1, -0.05) is 6.92 Å². The van der Waals surface area contributed by atoms with Crippen molar-refractivity contribution in [2.24, 2.45) is 16.8 Å². The average Bonchev–Trinajstić information content (AvgIpc) is 2.66. The lowest BCUT2D eigenvalue weighted by molar-refractivity contribution is -0.149. The first-order valence-electron chi connectivity index (χ1n) is 10.5. The zero-order chi connectivity index (χ0) is 18.9. The summed E-state index contributed by atoms with van der Waals surface area (Å²) >= 11 is 0. The molecule has 150 valence electrons. The summed E-state index contributed by atoms with van der Waals surface area (Å²) in [6.45, 7) is 14.9. The molecule has 2 heterocycles. The molecule has 0 radical (unpaired) electrons. The molecule has 6 heteroatoms. The number of aliphatic imine (C=N–C) groups is 1. The highest BCUT2D eigenvalue weighted by atomic mass is 16.5. The highest BCUT2D eigenvalue weighted by Crippen LogP contribution is 2.20. The van der Waals surface area contributed by atoms with Crippen molar-refractivity contribution in [1.29, 1.82) is 0 Å². The Morgan fingerprint density at radius 2 is 1.81 bits per heavy atom. The van der Waals surface area contributed by atoms with Crippen molar-refractivity contribution >= 4 is 11.9 Å². The van der Waals surface area contributed by atoms with Crippen molar-refractivity contribution in [3.63, 3.8) is 0 Å². The molecule has 0 aliphatic carbocycles. The molecule has 2 saturated heterocycles. The molecule has 0 spiro atoms. The molecule has 2 aliphatic rings. The summed E-state index contributed by atoms with van der Waals surface area (Å²) in [5.41, 5.74) is 0. The van der Waals surface area contributed by atoms with Crippen molar-refractivity contribution in [3.05, 3.63) is 0 Å². The van der Waals surface area contributed by atoms with Crippen LogP contribution < -0.4 is 5.32 Å². The molecule has 2 fully saturated rings. The third kappa shape index (κ3) is 6.15. The van der Waals surface area contributed by atoms with Crippen molar-refractivity contribution in [2.45, 2.75) is 59.4 Å². The number of guanidine groups is 1. The van der Waals surface area contributed by atoms with E-state index in [1.807, 2.05) is 6.92 Å². The van der Waals surface area contributed by atoms with Gasteiger partial charge in [-0.05, 0) is 65.5 Å². The summed E-state index contributed by atoms with van der Waals surface area (Å²) in [5.74, 6) is 1.86. The molecule has 1 N–H and O–H groups in total. The zero-order valence-electron chi connectivity index (χ0n) is 17.2. The van der Waals surface area contributed by atoms with E-state index in [2.05, 4.69) is 35.9 Å². The number of esters is 1. The molecular formula is C20H38N4O2. The second-order valence-corrected chi connectivity index (χ2v) is 7.78. The quantitative estimate of drug-likeness (QED) is 0.444. The monoisotopic (exact) mass is 366 g/mol. The molecule has 2 aliphatic heterocycles. The number of ether oxygens (including phenoxy) is 1. The van der Waals surface area contributed by atoms with E-state index in [0.29, 0.717) is 12.6 Å². The number of hydrogen-bond acceptors (Lipinski definition) is 4. The first-order valence-corrected chi connectivity index (χ1v) is 10.5. The minimum Gasteiger partial charge on any atom is -0.466 e. The van der Waals surface area contributed by atoms with Crippen LogP contribution in [0.3, 0.4) is 0 Å². The Bertz CT molecular complexity index is 453. The largest absolute Gasteiger partial charge is 0.466 e. The number of nitrogens with zero attached hydrogens (tertiary/aromatic N) is 3. The van der Waals surface area contributed by atoms with E-state index in [1.165, 1.54) is 25.9 Å². The van der Waals surface area contributed by atoms with Crippen LogP contribution in [0.5, 0.6) is 0 Å². The number of nitrogens with one attached hydrogen (secondary N) is 1. The number of carbonyl (C=O) groups excluding carboxylic acids is 1. The Morgan fingerprint density at radius 3 is 2.38 bits per heavy atom.